The number of aliphatic hydroxyl groups is 1. The number of benzene rings is 1. The molecule has 1 aromatic rings. The molecule has 0 bridgehead atoms. The van der Waals surface area contributed by atoms with Gasteiger partial charge in [-0.1, -0.05) is 18.1 Å². The molecule has 1 rings (SSSR count). The van der Waals surface area contributed by atoms with Crippen molar-refractivity contribution in [2.45, 2.75) is 13.3 Å². The zero-order valence-electron chi connectivity index (χ0n) is 7.58. The topological polar surface area (TPSA) is 29.5 Å². The molecule has 0 aromatic heterocycles. The van der Waals surface area contributed by atoms with E-state index >= 15 is 0 Å². The van der Waals surface area contributed by atoms with Gasteiger partial charge in [0.1, 0.15) is 11.9 Å². The summed E-state index contributed by atoms with van der Waals surface area (Å²) in [5.41, 5.74) is 1.07. The van der Waals surface area contributed by atoms with Gasteiger partial charge in [0.25, 0.3) is 0 Å². The average Bonchev–Trinajstić information content (AvgIpc) is 2.17. The van der Waals surface area contributed by atoms with Crippen molar-refractivity contribution in [3.05, 3.63) is 29.8 Å². The molecule has 0 radical (unpaired) electrons. The summed E-state index contributed by atoms with van der Waals surface area (Å²) in [6.45, 7) is 2.63. The van der Waals surface area contributed by atoms with E-state index in [1.54, 1.807) is 0 Å². The second-order valence-corrected chi connectivity index (χ2v) is 2.54. The second kappa shape index (κ2) is 5.10. The fourth-order valence-electron chi connectivity index (χ4n) is 1.01. The molecule has 0 amide bonds. The van der Waals surface area contributed by atoms with Crippen molar-refractivity contribution in [1.82, 2.24) is 0 Å². The van der Waals surface area contributed by atoms with Gasteiger partial charge in [0.15, 0.2) is 0 Å². The molecule has 0 saturated carbocycles. The Morgan fingerprint density at radius 2 is 2.00 bits per heavy atom. The van der Waals surface area contributed by atoms with E-state index in [1.165, 1.54) is 0 Å². The van der Waals surface area contributed by atoms with Gasteiger partial charge in [-0.3, -0.25) is 0 Å². The fraction of sp³-hybridized carbons (Fsp3) is 0.273. The number of hydrogen-bond donors (Lipinski definition) is 1. The van der Waals surface area contributed by atoms with E-state index in [9.17, 15) is 0 Å². The quantitative estimate of drug-likeness (QED) is 0.713. The Bertz CT molecular complexity index is 303. The molecule has 0 aliphatic heterocycles. The maximum atomic E-state index is 8.28. The van der Waals surface area contributed by atoms with Crippen molar-refractivity contribution in [1.29, 1.82) is 0 Å². The normalized spacial score (nSPS) is 8.69. The molecule has 0 saturated heterocycles. The van der Waals surface area contributed by atoms with Crippen LogP contribution in [-0.2, 0) is 6.42 Å². The highest BCUT2D eigenvalue weighted by Gasteiger charge is 1.92. The van der Waals surface area contributed by atoms with Crippen molar-refractivity contribution in [2.24, 2.45) is 0 Å². The molecule has 0 heterocycles. The van der Waals surface area contributed by atoms with Gasteiger partial charge in [0, 0.05) is 6.42 Å². The highest BCUT2D eigenvalue weighted by Crippen LogP contribution is 2.11. The SMILES string of the molecule is CCOc1ccc(CC#CO)cc1. The largest absolute Gasteiger partial charge is 0.494 e. The van der Waals surface area contributed by atoms with Gasteiger partial charge < -0.3 is 9.84 Å². The Kier molecular flexibility index (Phi) is 3.72. The van der Waals surface area contributed by atoms with Crippen LogP contribution in [0.15, 0.2) is 24.3 Å². The Hall–Kier alpha value is -1.62. The molecule has 0 atom stereocenters. The number of hydrogen-bond acceptors (Lipinski definition) is 2. The zero-order valence-corrected chi connectivity index (χ0v) is 7.58. The molecule has 13 heavy (non-hydrogen) atoms. The molecular formula is C11H12O2. The molecule has 2 heteroatoms. The molecule has 0 aliphatic rings. The van der Waals surface area contributed by atoms with Crippen LogP contribution in [-0.4, -0.2) is 11.7 Å². The van der Waals surface area contributed by atoms with Crippen LogP contribution in [0, 0.1) is 12.0 Å². The second-order valence-electron chi connectivity index (χ2n) is 2.54. The van der Waals surface area contributed by atoms with Gasteiger partial charge in [-0.2, -0.15) is 0 Å². The predicted molar refractivity (Wildman–Crippen MR) is 51.0 cm³/mol. The van der Waals surface area contributed by atoms with Crippen LogP contribution in [0.4, 0.5) is 0 Å². The lowest BCUT2D eigenvalue weighted by atomic mass is 10.1. The van der Waals surface area contributed by atoms with Crippen molar-refractivity contribution in [3.63, 3.8) is 0 Å². The van der Waals surface area contributed by atoms with E-state index in [0.717, 1.165) is 11.3 Å². The summed E-state index contributed by atoms with van der Waals surface area (Å²) < 4.78 is 5.28. The van der Waals surface area contributed by atoms with Gasteiger partial charge in [0.2, 0.25) is 0 Å². The van der Waals surface area contributed by atoms with Crippen molar-refractivity contribution in [2.75, 3.05) is 6.61 Å². The van der Waals surface area contributed by atoms with E-state index in [4.69, 9.17) is 9.84 Å². The lowest BCUT2D eigenvalue weighted by Crippen LogP contribution is -1.91. The molecule has 0 spiro atoms. The third-order valence-corrected chi connectivity index (χ3v) is 1.61. The first-order chi connectivity index (χ1) is 6.36. The lowest BCUT2D eigenvalue weighted by Gasteiger charge is -2.02. The standard InChI is InChI=1S/C11H12O2/c1-2-13-11-7-5-10(6-8-11)4-3-9-12/h5-8,12H,2,4H2,1H3. The van der Waals surface area contributed by atoms with E-state index in [-0.39, 0.29) is 0 Å². The predicted octanol–water partition coefficient (Wildman–Crippen LogP) is 1.96. The van der Waals surface area contributed by atoms with Crippen LogP contribution in [0.2, 0.25) is 0 Å². The smallest absolute Gasteiger partial charge is 0.119 e. The van der Waals surface area contributed by atoms with Crippen LogP contribution in [0.3, 0.4) is 0 Å². The molecule has 0 unspecified atom stereocenters. The summed E-state index contributed by atoms with van der Waals surface area (Å²) in [5, 5.41) is 8.28. The van der Waals surface area contributed by atoms with Crippen LogP contribution in [0.1, 0.15) is 12.5 Å². The van der Waals surface area contributed by atoms with E-state index in [0.29, 0.717) is 13.0 Å². The van der Waals surface area contributed by atoms with Crippen LogP contribution >= 0.6 is 0 Å². The Morgan fingerprint density at radius 3 is 2.54 bits per heavy atom. The van der Waals surface area contributed by atoms with Crippen molar-refractivity contribution < 1.29 is 9.84 Å². The molecule has 0 aliphatic carbocycles. The van der Waals surface area contributed by atoms with Gasteiger partial charge in [0.05, 0.1) is 6.61 Å². The first kappa shape index (κ1) is 9.47. The highest BCUT2D eigenvalue weighted by molar-refractivity contribution is 5.29. The summed E-state index contributed by atoms with van der Waals surface area (Å²) in [6, 6.07) is 7.68. The van der Waals surface area contributed by atoms with Crippen LogP contribution in [0.25, 0.3) is 0 Å². The summed E-state index contributed by atoms with van der Waals surface area (Å²) in [7, 11) is 0. The van der Waals surface area contributed by atoms with Gasteiger partial charge >= 0.3 is 0 Å². The van der Waals surface area contributed by atoms with Gasteiger partial charge in [-0.25, -0.2) is 0 Å². The molecule has 0 fully saturated rings. The van der Waals surface area contributed by atoms with Crippen LogP contribution < -0.4 is 4.74 Å². The van der Waals surface area contributed by atoms with Gasteiger partial charge in [-0.15, -0.1) is 0 Å². The third-order valence-electron chi connectivity index (χ3n) is 1.61. The summed E-state index contributed by atoms with van der Waals surface area (Å²) in [4.78, 5) is 0. The fourth-order valence-corrected chi connectivity index (χ4v) is 1.01. The lowest BCUT2D eigenvalue weighted by molar-refractivity contribution is 0.340. The summed E-state index contributed by atoms with van der Waals surface area (Å²) in [6.07, 6.45) is 2.45. The Morgan fingerprint density at radius 1 is 1.31 bits per heavy atom. The van der Waals surface area contributed by atoms with Gasteiger partial charge in [-0.05, 0) is 24.6 Å². The Balaban J connectivity index is 2.62. The number of rotatable bonds is 3. The van der Waals surface area contributed by atoms with E-state index < -0.39 is 0 Å². The first-order valence-corrected chi connectivity index (χ1v) is 4.20. The minimum Gasteiger partial charge on any atom is -0.494 e. The van der Waals surface area contributed by atoms with E-state index in [2.05, 4.69) is 5.92 Å². The average molecular weight is 176 g/mol. The Labute approximate surface area is 78.2 Å². The maximum Gasteiger partial charge on any atom is 0.119 e. The number of aliphatic hydroxyl groups excluding tert-OH is 1. The zero-order chi connectivity index (χ0) is 9.52. The monoisotopic (exact) mass is 176 g/mol. The first-order valence-electron chi connectivity index (χ1n) is 4.20. The number of ether oxygens (including phenoxy) is 1. The van der Waals surface area contributed by atoms with Crippen molar-refractivity contribution >= 4 is 0 Å². The van der Waals surface area contributed by atoms with Crippen LogP contribution in [0.5, 0.6) is 5.75 Å². The molecule has 2 nitrogen and oxygen atoms in total. The molecule has 1 aromatic carbocycles. The summed E-state index contributed by atoms with van der Waals surface area (Å²) in [5.74, 6) is 3.44. The highest BCUT2D eigenvalue weighted by atomic mass is 16.5. The maximum absolute atomic E-state index is 8.28. The van der Waals surface area contributed by atoms with Crippen molar-refractivity contribution in [3.8, 4) is 17.8 Å². The third kappa shape index (κ3) is 3.08. The molecule has 68 valence electrons. The van der Waals surface area contributed by atoms with E-state index in [1.807, 2.05) is 37.3 Å². The minimum atomic E-state index is 0.572. The summed E-state index contributed by atoms with van der Waals surface area (Å²) >= 11 is 0. The minimum absolute atomic E-state index is 0.572. The molecular weight excluding hydrogens is 164 g/mol. The molecule has 1 N–H and O–H groups in total.